The summed E-state index contributed by atoms with van der Waals surface area (Å²) in [6.07, 6.45) is 1.56. The highest BCUT2D eigenvalue weighted by Gasteiger charge is 1.91. The van der Waals surface area contributed by atoms with Crippen LogP contribution < -0.4 is 10.8 Å². The number of aromatic nitrogens is 2. The van der Waals surface area contributed by atoms with Gasteiger partial charge in [0.05, 0.1) is 0 Å². The number of H-pyrrole nitrogens is 1. The second-order valence-electron chi connectivity index (χ2n) is 1.45. The number of aromatic amines is 1. The molecule has 1 aromatic heterocycles. The maximum Gasteiger partial charge on any atom is 0.121 e. The van der Waals surface area contributed by atoms with Crippen LogP contribution >= 0.6 is 0 Å². The number of rotatable bonds is 1. The normalized spacial score (nSPS) is 9.12. The molecule has 0 fully saturated rings. The van der Waals surface area contributed by atoms with Gasteiger partial charge < -0.3 is 5.32 Å². The molecule has 40 valence electrons. The van der Waals surface area contributed by atoms with Crippen LogP contribution in [0.1, 0.15) is 0 Å². The van der Waals surface area contributed by atoms with Crippen LogP contribution in [-0.4, -0.2) is 25.1 Å². The molecule has 0 aliphatic rings. The zero-order chi connectivity index (χ0) is 5.98. The highest BCUT2D eigenvalue weighted by molar-refractivity contribution is 6.35. The highest BCUT2D eigenvalue weighted by atomic mass is 15.2. The molecule has 0 saturated carbocycles. The quantitative estimate of drug-likeness (QED) is 0.463. The van der Waals surface area contributed by atoms with E-state index in [1.54, 1.807) is 13.2 Å². The summed E-state index contributed by atoms with van der Waals surface area (Å²) >= 11 is 0. The van der Waals surface area contributed by atoms with E-state index in [1.165, 1.54) is 0 Å². The molecule has 2 N–H and O–H groups in total. The van der Waals surface area contributed by atoms with E-state index in [-0.39, 0.29) is 0 Å². The maximum atomic E-state index is 5.39. The summed E-state index contributed by atoms with van der Waals surface area (Å²) in [5.41, 5.74) is 0.646. The first-order valence-corrected chi connectivity index (χ1v) is 2.31. The highest BCUT2D eigenvalue weighted by Crippen LogP contribution is 1.88. The number of nitrogens with zero attached hydrogens (tertiary/aromatic N) is 1. The molecule has 1 aromatic rings. The fourth-order valence-electron chi connectivity index (χ4n) is 0.496. The smallest absolute Gasteiger partial charge is 0.121 e. The van der Waals surface area contributed by atoms with Gasteiger partial charge in [-0.3, -0.25) is 5.10 Å². The maximum absolute atomic E-state index is 5.39. The molecule has 0 aliphatic carbocycles. The fraction of sp³-hybridized carbons (Fsp3) is 0.250. The third-order valence-corrected chi connectivity index (χ3v) is 0.919. The Labute approximate surface area is 48.9 Å². The lowest BCUT2D eigenvalue weighted by atomic mass is 10.0. The van der Waals surface area contributed by atoms with Crippen molar-refractivity contribution in [2.45, 2.75) is 0 Å². The first-order chi connectivity index (χ1) is 3.84. The first-order valence-electron chi connectivity index (χ1n) is 2.31. The summed E-state index contributed by atoms with van der Waals surface area (Å²) in [5, 5.41) is 9.18. The van der Waals surface area contributed by atoms with Gasteiger partial charge in [-0.1, -0.05) is 0 Å². The van der Waals surface area contributed by atoms with Gasteiger partial charge in [0.15, 0.2) is 0 Å². The van der Waals surface area contributed by atoms with Crippen LogP contribution in [0.4, 0.5) is 5.82 Å². The zero-order valence-electron chi connectivity index (χ0n) is 4.60. The Bertz CT molecular complexity index is 172. The molecule has 0 amide bonds. The van der Waals surface area contributed by atoms with Crippen molar-refractivity contribution in [1.82, 2.24) is 10.2 Å². The van der Waals surface area contributed by atoms with Crippen molar-refractivity contribution >= 4 is 19.1 Å². The molecular formula is C4H6BN3. The molecule has 1 heterocycles. The van der Waals surface area contributed by atoms with Crippen LogP contribution in [0.3, 0.4) is 0 Å². The Kier molecular flexibility index (Phi) is 1.24. The third kappa shape index (κ3) is 0.687. The summed E-state index contributed by atoms with van der Waals surface area (Å²) in [5.74, 6) is 0.769. The Morgan fingerprint density at radius 2 is 2.62 bits per heavy atom. The van der Waals surface area contributed by atoms with E-state index in [0.717, 1.165) is 5.82 Å². The second kappa shape index (κ2) is 1.90. The molecule has 0 saturated heterocycles. The molecule has 4 heteroatoms. The zero-order valence-corrected chi connectivity index (χ0v) is 4.60. The van der Waals surface area contributed by atoms with E-state index in [0.29, 0.717) is 5.46 Å². The van der Waals surface area contributed by atoms with E-state index in [4.69, 9.17) is 7.85 Å². The summed E-state index contributed by atoms with van der Waals surface area (Å²) in [4.78, 5) is 0. The van der Waals surface area contributed by atoms with Gasteiger partial charge in [-0.25, -0.2) is 0 Å². The average Bonchev–Trinajstić information content (AvgIpc) is 2.14. The van der Waals surface area contributed by atoms with Crippen LogP contribution in [0, 0.1) is 0 Å². The molecule has 0 bridgehead atoms. The summed E-state index contributed by atoms with van der Waals surface area (Å²) in [6, 6.07) is 0. The Balaban J connectivity index is 2.92. The minimum absolute atomic E-state index is 0.646. The summed E-state index contributed by atoms with van der Waals surface area (Å²) in [7, 11) is 7.18. The average molecular weight is 107 g/mol. The minimum Gasteiger partial charge on any atom is -0.374 e. The van der Waals surface area contributed by atoms with Gasteiger partial charge in [0.1, 0.15) is 13.7 Å². The van der Waals surface area contributed by atoms with Gasteiger partial charge in [-0.15, -0.1) is 0 Å². The molecule has 2 radical (unpaired) electrons. The van der Waals surface area contributed by atoms with Crippen molar-refractivity contribution < 1.29 is 0 Å². The summed E-state index contributed by atoms with van der Waals surface area (Å²) in [6.45, 7) is 0. The van der Waals surface area contributed by atoms with Crippen LogP contribution in [0.25, 0.3) is 0 Å². The van der Waals surface area contributed by atoms with E-state index in [2.05, 4.69) is 15.5 Å². The topological polar surface area (TPSA) is 40.7 Å². The number of anilines is 1. The molecular weight excluding hydrogens is 101 g/mol. The molecule has 3 nitrogen and oxygen atoms in total. The third-order valence-electron chi connectivity index (χ3n) is 0.919. The van der Waals surface area contributed by atoms with Crippen molar-refractivity contribution in [3.8, 4) is 0 Å². The standard InChI is InChI=1S/C4H6BN3/c1-6-4-3(5)2-7-8-4/h2H,1H3,(H2,6,7,8). The Hall–Kier alpha value is -0.925. The molecule has 1 rings (SSSR count). The van der Waals surface area contributed by atoms with Crippen molar-refractivity contribution in [2.24, 2.45) is 0 Å². The van der Waals surface area contributed by atoms with Crippen molar-refractivity contribution in [3.05, 3.63) is 6.20 Å². The SMILES string of the molecule is [B]c1cn[nH]c1NC. The van der Waals surface area contributed by atoms with Gasteiger partial charge in [-0.05, 0) is 5.46 Å². The second-order valence-corrected chi connectivity index (χ2v) is 1.45. The fourth-order valence-corrected chi connectivity index (χ4v) is 0.496. The van der Waals surface area contributed by atoms with E-state index in [9.17, 15) is 0 Å². The number of nitrogens with one attached hydrogen (secondary N) is 2. The Morgan fingerprint density at radius 1 is 1.88 bits per heavy atom. The molecule has 0 aromatic carbocycles. The lowest BCUT2D eigenvalue weighted by molar-refractivity contribution is 1.09. The Morgan fingerprint density at radius 3 is 2.88 bits per heavy atom. The number of hydrogen-bond donors (Lipinski definition) is 2. The van der Waals surface area contributed by atoms with Crippen molar-refractivity contribution in [2.75, 3.05) is 12.4 Å². The van der Waals surface area contributed by atoms with E-state index < -0.39 is 0 Å². The lowest BCUT2D eigenvalue weighted by Crippen LogP contribution is -2.05. The minimum atomic E-state index is 0.646. The monoisotopic (exact) mass is 107 g/mol. The van der Waals surface area contributed by atoms with Crippen LogP contribution in [0.2, 0.25) is 0 Å². The first kappa shape index (κ1) is 5.22. The van der Waals surface area contributed by atoms with Crippen LogP contribution in [-0.2, 0) is 0 Å². The van der Waals surface area contributed by atoms with E-state index in [1.807, 2.05) is 0 Å². The van der Waals surface area contributed by atoms with Gasteiger partial charge >= 0.3 is 0 Å². The summed E-state index contributed by atoms with van der Waals surface area (Å²) < 4.78 is 0. The van der Waals surface area contributed by atoms with Gasteiger partial charge in [-0.2, -0.15) is 5.10 Å². The van der Waals surface area contributed by atoms with Crippen LogP contribution in [0.5, 0.6) is 0 Å². The van der Waals surface area contributed by atoms with Crippen LogP contribution in [0.15, 0.2) is 6.20 Å². The lowest BCUT2D eigenvalue weighted by Gasteiger charge is -1.92. The van der Waals surface area contributed by atoms with Crippen molar-refractivity contribution in [1.29, 1.82) is 0 Å². The molecule has 0 aliphatic heterocycles. The molecule has 0 spiro atoms. The van der Waals surface area contributed by atoms with Crippen molar-refractivity contribution in [3.63, 3.8) is 0 Å². The molecule has 8 heavy (non-hydrogen) atoms. The van der Waals surface area contributed by atoms with Gasteiger partial charge in [0.25, 0.3) is 0 Å². The van der Waals surface area contributed by atoms with E-state index >= 15 is 0 Å². The predicted octanol–water partition coefficient (Wildman–Crippen LogP) is -0.755. The predicted molar refractivity (Wildman–Crippen MR) is 33.5 cm³/mol. The number of hydrogen-bond acceptors (Lipinski definition) is 2. The molecule has 0 unspecified atom stereocenters. The molecule has 0 atom stereocenters. The largest absolute Gasteiger partial charge is 0.374 e. The van der Waals surface area contributed by atoms with Gasteiger partial charge in [0.2, 0.25) is 0 Å². The van der Waals surface area contributed by atoms with Gasteiger partial charge in [0, 0.05) is 13.2 Å².